The first-order valence-corrected chi connectivity index (χ1v) is 12.9. The van der Waals surface area contributed by atoms with Gasteiger partial charge in [-0.05, 0) is 54.1 Å². The molecule has 7 aromatic rings. The van der Waals surface area contributed by atoms with Crippen LogP contribution in [-0.4, -0.2) is 19.9 Å². The lowest BCUT2D eigenvalue weighted by Gasteiger charge is -2.11. The highest BCUT2D eigenvalue weighted by Crippen LogP contribution is 2.35. The molecule has 0 saturated carbocycles. The van der Waals surface area contributed by atoms with Crippen LogP contribution in [0.2, 0.25) is 0 Å². The molecular weight excluding hydrogens is 496 g/mol. The lowest BCUT2D eigenvalue weighted by atomic mass is 9.99. The van der Waals surface area contributed by atoms with E-state index >= 15 is 0 Å². The third-order valence-electron chi connectivity index (χ3n) is 6.54. The second-order valence-corrected chi connectivity index (χ2v) is 9.22. The quantitative estimate of drug-likeness (QED) is 0.220. The molecule has 0 saturated heterocycles. The van der Waals surface area contributed by atoms with Gasteiger partial charge in [-0.15, -0.1) is 0 Å². The number of furan rings is 2. The molecule has 7 rings (SSSR count). The zero-order valence-corrected chi connectivity index (χ0v) is 21.3. The Morgan fingerprint density at radius 2 is 1.02 bits per heavy atom. The topological polar surface area (TPSA) is 77.8 Å². The summed E-state index contributed by atoms with van der Waals surface area (Å²) in [6, 6.07) is 37.6. The van der Waals surface area contributed by atoms with Crippen LogP contribution in [0.3, 0.4) is 0 Å². The van der Waals surface area contributed by atoms with E-state index in [0.29, 0.717) is 34.8 Å². The van der Waals surface area contributed by atoms with Crippen molar-refractivity contribution in [3.63, 3.8) is 0 Å². The molecule has 190 valence electrons. The molecule has 4 aromatic heterocycles. The molecule has 0 atom stereocenters. The maximum absolute atomic E-state index is 6.22. The fraction of sp³-hybridized carbons (Fsp3) is 0. The van der Waals surface area contributed by atoms with Crippen LogP contribution in [0, 0.1) is 0 Å². The van der Waals surface area contributed by atoms with Crippen LogP contribution in [0.4, 0.5) is 0 Å². The van der Waals surface area contributed by atoms with Crippen molar-refractivity contribution < 1.29 is 8.83 Å². The Bertz CT molecular complexity index is 1820. The van der Waals surface area contributed by atoms with E-state index in [1.807, 2.05) is 109 Å². The molecule has 0 aliphatic rings. The minimum absolute atomic E-state index is 0.567. The van der Waals surface area contributed by atoms with Gasteiger partial charge in [0.15, 0.2) is 29.0 Å². The lowest BCUT2D eigenvalue weighted by molar-refractivity contribution is 0.531. The molecule has 4 heterocycles. The Hall–Kier alpha value is -5.62. The average molecular weight is 519 g/mol. The van der Waals surface area contributed by atoms with Crippen molar-refractivity contribution in [2.75, 3.05) is 0 Å². The maximum atomic E-state index is 6.22. The first-order chi connectivity index (χ1) is 19.8. The zero-order valence-electron chi connectivity index (χ0n) is 21.3. The van der Waals surface area contributed by atoms with E-state index < -0.39 is 0 Å². The van der Waals surface area contributed by atoms with Gasteiger partial charge in [0.05, 0.1) is 6.26 Å². The third-order valence-corrected chi connectivity index (χ3v) is 6.54. The maximum Gasteiger partial charge on any atom is 0.170 e. The normalized spacial score (nSPS) is 11.0. The lowest BCUT2D eigenvalue weighted by Crippen LogP contribution is -2.00. The Balaban J connectivity index is 1.42. The molecule has 0 aliphatic heterocycles. The van der Waals surface area contributed by atoms with Crippen molar-refractivity contribution in [1.82, 2.24) is 19.9 Å². The largest absolute Gasteiger partial charge is 0.461 e. The van der Waals surface area contributed by atoms with Crippen molar-refractivity contribution in [3.05, 3.63) is 134 Å². The Morgan fingerprint density at radius 3 is 1.65 bits per heavy atom. The molecule has 40 heavy (non-hydrogen) atoms. The van der Waals surface area contributed by atoms with Gasteiger partial charge in [-0.2, -0.15) is 0 Å². The molecule has 6 heteroatoms. The van der Waals surface area contributed by atoms with Gasteiger partial charge in [0.2, 0.25) is 0 Å². The third kappa shape index (κ3) is 4.70. The average Bonchev–Trinajstić information content (AvgIpc) is 3.75. The summed E-state index contributed by atoms with van der Waals surface area (Å²) in [5.74, 6) is 3.82. The van der Waals surface area contributed by atoms with Crippen molar-refractivity contribution in [1.29, 1.82) is 0 Å². The molecular formula is C34H22N4O2. The van der Waals surface area contributed by atoms with E-state index in [1.54, 1.807) is 12.5 Å². The molecule has 3 aromatic carbocycles. The molecule has 0 aliphatic carbocycles. The van der Waals surface area contributed by atoms with Crippen molar-refractivity contribution in [2.45, 2.75) is 0 Å². The number of rotatable bonds is 6. The minimum atomic E-state index is 0.567. The highest BCUT2D eigenvalue weighted by Gasteiger charge is 2.16. The van der Waals surface area contributed by atoms with Gasteiger partial charge in [-0.25, -0.2) is 15.0 Å². The number of nitrogens with zero attached hydrogens (tertiary/aromatic N) is 4. The van der Waals surface area contributed by atoms with E-state index in [9.17, 15) is 0 Å². The summed E-state index contributed by atoms with van der Waals surface area (Å²) in [6.45, 7) is 0. The van der Waals surface area contributed by atoms with Crippen molar-refractivity contribution in [2.24, 2.45) is 0 Å². The first-order valence-electron chi connectivity index (χ1n) is 12.9. The van der Waals surface area contributed by atoms with Gasteiger partial charge in [0, 0.05) is 40.2 Å². The van der Waals surface area contributed by atoms with Gasteiger partial charge in [0.1, 0.15) is 5.76 Å². The number of hydrogen-bond donors (Lipinski definition) is 0. The smallest absolute Gasteiger partial charge is 0.170 e. The number of pyridine rings is 1. The predicted octanol–water partition coefficient (Wildman–Crippen LogP) is 8.45. The SMILES string of the molecule is c1ccc(-c2nc(-c3ccccc3)nc(-c3cc(-c4cccnc4)cc(-c4ccc(-c5ccco5)o4)c3)n2)cc1. The fourth-order valence-electron chi connectivity index (χ4n) is 4.58. The summed E-state index contributed by atoms with van der Waals surface area (Å²) >= 11 is 0. The fourth-order valence-corrected chi connectivity index (χ4v) is 4.58. The second-order valence-electron chi connectivity index (χ2n) is 9.22. The number of hydrogen-bond acceptors (Lipinski definition) is 6. The molecule has 0 amide bonds. The molecule has 0 bridgehead atoms. The molecule has 0 fully saturated rings. The van der Waals surface area contributed by atoms with Crippen LogP contribution in [0.5, 0.6) is 0 Å². The van der Waals surface area contributed by atoms with E-state index in [-0.39, 0.29) is 0 Å². The summed E-state index contributed by atoms with van der Waals surface area (Å²) in [7, 11) is 0. The second kappa shape index (κ2) is 10.3. The van der Waals surface area contributed by atoms with E-state index in [4.69, 9.17) is 23.8 Å². The predicted molar refractivity (Wildman–Crippen MR) is 155 cm³/mol. The molecule has 0 spiro atoms. The van der Waals surface area contributed by atoms with Gasteiger partial charge in [0.25, 0.3) is 0 Å². The van der Waals surface area contributed by atoms with Gasteiger partial charge in [-0.1, -0.05) is 66.7 Å². The van der Waals surface area contributed by atoms with Crippen LogP contribution in [0.15, 0.2) is 143 Å². The molecule has 0 radical (unpaired) electrons. The standard InChI is InChI=1S/C34H22N4O2/c1-3-9-23(10-4-1)32-36-33(24-11-5-2-6-12-24)38-34(37-32)28-20-26(25-13-7-17-35-22-25)19-27(21-28)29-15-16-31(40-29)30-14-8-18-39-30/h1-22H. The molecule has 0 unspecified atom stereocenters. The summed E-state index contributed by atoms with van der Waals surface area (Å²) < 4.78 is 11.8. The van der Waals surface area contributed by atoms with E-state index in [0.717, 1.165) is 33.4 Å². The van der Waals surface area contributed by atoms with Crippen LogP contribution in [0.25, 0.3) is 68.1 Å². The summed E-state index contributed by atoms with van der Waals surface area (Å²) in [4.78, 5) is 19.0. The highest BCUT2D eigenvalue weighted by molar-refractivity contribution is 5.79. The van der Waals surface area contributed by atoms with Gasteiger partial charge >= 0.3 is 0 Å². The Labute approximate surface area is 230 Å². The summed E-state index contributed by atoms with van der Waals surface area (Å²) in [6.07, 6.45) is 5.24. The minimum Gasteiger partial charge on any atom is -0.461 e. The van der Waals surface area contributed by atoms with Crippen molar-refractivity contribution in [3.8, 4) is 68.1 Å². The summed E-state index contributed by atoms with van der Waals surface area (Å²) in [5, 5.41) is 0. The van der Waals surface area contributed by atoms with E-state index in [2.05, 4.69) is 17.1 Å². The monoisotopic (exact) mass is 518 g/mol. The molecule has 6 nitrogen and oxygen atoms in total. The zero-order chi connectivity index (χ0) is 26.7. The van der Waals surface area contributed by atoms with Crippen molar-refractivity contribution >= 4 is 0 Å². The van der Waals surface area contributed by atoms with Gasteiger partial charge in [-0.3, -0.25) is 4.98 Å². The number of benzene rings is 3. The van der Waals surface area contributed by atoms with Crippen LogP contribution >= 0.6 is 0 Å². The van der Waals surface area contributed by atoms with Crippen LogP contribution < -0.4 is 0 Å². The summed E-state index contributed by atoms with van der Waals surface area (Å²) in [5.41, 5.74) is 5.51. The Kier molecular flexibility index (Phi) is 6.03. The van der Waals surface area contributed by atoms with E-state index in [1.165, 1.54) is 0 Å². The Morgan fingerprint density at radius 1 is 0.425 bits per heavy atom. The molecule has 0 N–H and O–H groups in total. The van der Waals surface area contributed by atoms with Gasteiger partial charge < -0.3 is 8.83 Å². The first kappa shape index (κ1) is 23.5. The number of aromatic nitrogens is 4. The van der Waals surface area contributed by atoms with Crippen LogP contribution in [-0.2, 0) is 0 Å². The highest BCUT2D eigenvalue weighted by atomic mass is 16.4. The van der Waals surface area contributed by atoms with Crippen LogP contribution in [0.1, 0.15) is 0 Å².